The first-order valence-electron chi connectivity index (χ1n) is 7.42. The Bertz CT molecular complexity index is 870. The van der Waals surface area contributed by atoms with Crippen molar-refractivity contribution in [3.8, 4) is 5.75 Å². The highest BCUT2D eigenvalue weighted by molar-refractivity contribution is 5.92. The molecule has 1 aliphatic heterocycles. The monoisotopic (exact) mass is 328 g/mol. The number of carbonyl (C=O) groups is 1. The van der Waals surface area contributed by atoms with Crippen LogP contribution in [0.2, 0.25) is 0 Å². The molecule has 7 heteroatoms. The van der Waals surface area contributed by atoms with E-state index in [0.717, 1.165) is 0 Å². The summed E-state index contributed by atoms with van der Waals surface area (Å²) in [4.78, 5) is 28.8. The topological polar surface area (TPSA) is 105 Å². The molecule has 2 aromatic heterocycles. The van der Waals surface area contributed by atoms with E-state index in [1.54, 1.807) is 44.4 Å². The lowest BCUT2D eigenvalue weighted by atomic mass is 9.84. The van der Waals surface area contributed by atoms with Crippen LogP contribution in [0.15, 0.2) is 51.3 Å². The van der Waals surface area contributed by atoms with Crippen molar-refractivity contribution in [3.05, 3.63) is 69.4 Å². The van der Waals surface area contributed by atoms with Crippen LogP contribution in [-0.2, 0) is 9.53 Å². The van der Waals surface area contributed by atoms with Gasteiger partial charge < -0.3 is 19.6 Å². The quantitative estimate of drug-likeness (QED) is 0.853. The maximum atomic E-state index is 12.4. The lowest BCUT2D eigenvalue weighted by Crippen LogP contribution is -2.31. The number of esters is 1. The lowest BCUT2D eigenvalue weighted by Gasteiger charge is -2.27. The predicted molar refractivity (Wildman–Crippen MR) is 84.3 cm³/mol. The molecule has 1 unspecified atom stereocenters. The molecule has 3 heterocycles. The summed E-state index contributed by atoms with van der Waals surface area (Å²) in [6.45, 7) is 3.49. The fraction of sp³-hybridized carbons (Fsp3) is 0.235. The Morgan fingerprint density at radius 1 is 1.38 bits per heavy atom. The van der Waals surface area contributed by atoms with Gasteiger partial charge in [0, 0.05) is 18.5 Å². The van der Waals surface area contributed by atoms with Crippen LogP contribution in [0, 0.1) is 6.92 Å². The van der Waals surface area contributed by atoms with E-state index in [4.69, 9.17) is 19.6 Å². The molecule has 0 saturated carbocycles. The Balaban J connectivity index is 2.26. The van der Waals surface area contributed by atoms with Gasteiger partial charge in [0.1, 0.15) is 17.1 Å². The van der Waals surface area contributed by atoms with E-state index in [1.165, 1.54) is 0 Å². The van der Waals surface area contributed by atoms with Crippen LogP contribution in [0.5, 0.6) is 5.75 Å². The van der Waals surface area contributed by atoms with Crippen molar-refractivity contribution in [3.63, 3.8) is 0 Å². The molecule has 1 aliphatic rings. The number of rotatable bonds is 3. The molecule has 7 nitrogen and oxygen atoms in total. The fourth-order valence-electron chi connectivity index (χ4n) is 2.71. The first-order valence-corrected chi connectivity index (χ1v) is 7.42. The molecule has 0 radical (unpaired) electrons. The standard InChI is InChI=1S/C17H16N2O5/c1-3-22-16(20)14-12(10-4-6-19-7-5-10)13-11(24-15(14)18)8-9(2)23-17(13)21/h4-8,12H,3,18H2,1-2H3. The van der Waals surface area contributed by atoms with Gasteiger partial charge in [0.2, 0.25) is 5.88 Å². The molecule has 0 aliphatic carbocycles. The molecule has 0 fully saturated rings. The smallest absolute Gasteiger partial charge is 0.343 e. The van der Waals surface area contributed by atoms with Crippen LogP contribution < -0.4 is 16.1 Å². The number of ether oxygens (including phenoxy) is 2. The normalized spacial score (nSPS) is 16.3. The highest BCUT2D eigenvalue weighted by Gasteiger charge is 2.38. The molecule has 3 rings (SSSR count). The summed E-state index contributed by atoms with van der Waals surface area (Å²) in [5, 5.41) is 0. The number of hydrogen-bond donors (Lipinski definition) is 1. The van der Waals surface area contributed by atoms with E-state index < -0.39 is 17.5 Å². The third-order valence-corrected chi connectivity index (χ3v) is 3.67. The van der Waals surface area contributed by atoms with Crippen molar-refractivity contribution in [2.75, 3.05) is 6.61 Å². The van der Waals surface area contributed by atoms with E-state index in [2.05, 4.69) is 4.98 Å². The third kappa shape index (κ3) is 2.64. The van der Waals surface area contributed by atoms with Gasteiger partial charge in [-0.05, 0) is 31.5 Å². The first-order chi connectivity index (χ1) is 11.5. The van der Waals surface area contributed by atoms with Crippen molar-refractivity contribution in [1.29, 1.82) is 0 Å². The Labute approximate surface area is 137 Å². The van der Waals surface area contributed by atoms with Gasteiger partial charge >= 0.3 is 11.6 Å². The minimum absolute atomic E-state index is 0.0757. The van der Waals surface area contributed by atoms with Gasteiger partial charge in [0.15, 0.2) is 0 Å². The fourth-order valence-corrected chi connectivity index (χ4v) is 2.71. The molecule has 0 saturated heterocycles. The second-order valence-corrected chi connectivity index (χ2v) is 5.24. The van der Waals surface area contributed by atoms with Crippen LogP contribution in [0.1, 0.15) is 29.7 Å². The van der Waals surface area contributed by atoms with Crippen LogP contribution in [-0.4, -0.2) is 17.6 Å². The van der Waals surface area contributed by atoms with Crippen LogP contribution in [0.25, 0.3) is 0 Å². The number of pyridine rings is 1. The highest BCUT2D eigenvalue weighted by Crippen LogP contribution is 2.40. The van der Waals surface area contributed by atoms with E-state index in [9.17, 15) is 9.59 Å². The second kappa shape index (κ2) is 6.19. The Morgan fingerprint density at radius 2 is 2.08 bits per heavy atom. The van der Waals surface area contributed by atoms with E-state index >= 15 is 0 Å². The summed E-state index contributed by atoms with van der Waals surface area (Å²) in [5.74, 6) is -0.807. The van der Waals surface area contributed by atoms with E-state index in [1.807, 2.05) is 0 Å². The number of nitrogens with two attached hydrogens (primary N) is 1. The molecular formula is C17H16N2O5. The summed E-state index contributed by atoms with van der Waals surface area (Å²) in [5.41, 5.74) is 6.33. The number of hydrogen-bond acceptors (Lipinski definition) is 7. The summed E-state index contributed by atoms with van der Waals surface area (Å²) in [7, 11) is 0. The molecular weight excluding hydrogens is 312 g/mol. The average Bonchev–Trinajstić information content (AvgIpc) is 2.54. The third-order valence-electron chi connectivity index (χ3n) is 3.67. The molecule has 0 amide bonds. The maximum Gasteiger partial charge on any atom is 0.343 e. The SMILES string of the molecule is CCOC(=O)C1=C(N)Oc2cc(C)oc(=O)c2C1c1ccncc1. The Morgan fingerprint density at radius 3 is 2.75 bits per heavy atom. The van der Waals surface area contributed by atoms with Gasteiger partial charge in [-0.2, -0.15) is 0 Å². The van der Waals surface area contributed by atoms with Gasteiger partial charge in [0.05, 0.1) is 18.1 Å². The molecule has 0 spiro atoms. The largest absolute Gasteiger partial charge is 0.462 e. The maximum absolute atomic E-state index is 12.4. The van der Waals surface area contributed by atoms with Crippen LogP contribution >= 0.6 is 0 Å². The van der Waals surface area contributed by atoms with Crippen LogP contribution in [0.4, 0.5) is 0 Å². The van der Waals surface area contributed by atoms with Gasteiger partial charge in [-0.25, -0.2) is 9.59 Å². The zero-order valence-corrected chi connectivity index (χ0v) is 13.2. The zero-order chi connectivity index (χ0) is 17.3. The number of aromatic nitrogens is 1. The van der Waals surface area contributed by atoms with Crippen molar-refractivity contribution in [1.82, 2.24) is 4.98 Å². The summed E-state index contributed by atoms with van der Waals surface area (Å²) < 4.78 is 15.8. The molecule has 2 N–H and O–H groups in total. The first kappa shape index (κ1) is 15.8. The molecule has 2 aromatic rings. The summed E-state index contributed by atoms with van der Waals surface area (Å²) in [6, 6.07) is 4.97. The van der Waals surface area contributed by atoms with Crippen molar-refractivity contribution < 1.29 is 18.7 Å². The molecule has 124 valence electrons. The molecule has 0 aromatic carbocycles. The number of fused-ring (bicyclic) bond motifs is 1. The highest BCUT2D eigenvalue weighted by atomic mass is 16.5. The van der Waals surface area contributed by atoms with Gasteiger partial charge in [-0.15, -0.1) is 0 Å². The lowest BCUT2D eigenvalue weighted by molar-refractivity contribution is -0.139. The minimum atomic E-state index is -0.743. The van der Waals surface area contributed by atoms with E-state index in [0.29, 0.717) is 11.3 Å². The van der Waals surface area contributed by atoms with Gasteiger partial charge in [0.25, 0.3) is 0 Å². The average molecular weight is 328 g/mol. The molecule has 24 heavy (non-hydrogen) atoms. The number of nitrogens with zero attached hydrogens (tertiary/aromatic N) is 1. The Hall–Kier alpha value is -3.09. The molecule has 0 bridgehead atoms. The second-order valence-electron chi connectivity index (χ2n) is 5.24. The molecule has 1 atom stereocenters. The number of aryl methyl sites for hydroxylation is 1. The van der Waals surface area contributed by atoms with Crippen molar-refractivity contribution in [2.45, 2.75) is 19.8 Å². The van der Waals surface area contributed by atoms with Gasteiger partial charge in [-0.1, -0.05) is 0 Å². The predicted octanol–water partition coefficient (Wildman–Crippen LogP) is 1.60. The van der Waals surface area contributed by atoms with Crippen molar-refractivity contribution in [2.24, 2.45) is 5.73 Å². The number of carbonyl (C=O) groups excluding carboxylic acids is 1. The summed E-state index contributed by atoms with van der Waals surface area (Å²) in [6.07, 6.45) is 3.14. The zero-order valence-electron chi connectivity index (χ0n) is 13.2. The van der Waals surface area contributed by atoms with Crippen molar-refractivity contribution >= 4 is 5.97 Å². The summed E-state index contributed by atoms with van der Waals surface area (Å²) >= 11 is 0. The van der Waals surface area contributed by atoms with Gasteiger partial charge in [-0.3, -0.25) is 4.98 Å². The minimum Gasteiger partial charge on any atom is -0.462 e. The van der Waals surface area contributed by atoms with E-state index in [-0.39, 0.29) is 29.4 Å². The Kier molecular flexibility index (Phi) is 4.07. The van der Waals surface area contributed by atoms with Crippen LogP contribution in [0.3, 0.4) is 0 Å².